The fraction of sp³-hybridized carbons (Fsp3) is 0.286. The molecule has 184 valence electrons. The van der Waals surface area contributed by atoms with Gasteiger partial charge < -0.3 is 19.3 Å². The summed E-state index contributed by atoms with van der Waals surface area (Å²) in [5, 5.41) is 11.7. The molecule has 6 atom stereocenters. The van der Waals surface area contributed by atoms with E-state index in [2.05, 4.69) is 0 Å². The Morgan fingerprint density at radius 2 is 1.50 bits per heavy atom. The van der Waals surface area contributed by atoms with Crippen molar-refractivity contribution in [2.75, 3.05) is 6.61 Å². The molecule has 6 rings (SSSR count). The van der Waals surface area contributed by atoms with Crippen molar-refractivity contribution in [1.82, 2.24) is 4.90 Å². The summed E-state index contributed by atoms with van der Waals surface area (Å²) in [5.41, 5.74) is 1.86. The maximum absolute atomic E-state index is 13.4. The molecule has 0 saturated carbocycles. The van der Waals surface area contributed by atoms with E-state index >= 15 is 0 Å². The predicted molar refractivity (Wildman–Crippen MR) is 132 cm³/mol. The van der Waals surface area contributed by atoms with Gasteiger partial charge in [0, 0.05) is 10.5 Å². The van der Waals surface area contributed by atoms with Crippen LogP contribution in [0.15, 0.2) is 83.8 Å². The number of aryl methyl sites for hydroxylation is 1. The normalized spacial score (nSPS) is 29.7. The predicted octanol–water partition coefficient (Wildman–Crippen LogP) is 3.95. The van der Waals surface area contributed by atoms with Crippen molar-refractivity contribution in [3.05, 3.63) is 101 Å². The van der Waals surface area contributed by atoms with Crippen LogP contribution >= 0.6 is 11.8 Å². The van der Waals surface area contributed by atoms with Crippen LogP contribution < -0.4 is 0 Å². The van der Waals surface area contributed by atoms with Crippen molar-refractivity contribution in [3.63, 3.8) is 0 Å². The number of ether oxygens (including phenoxy) is 3. The third-order valence-corrected chi connectivity index (χ3v) is 7.97. The first-order chi connectivity index (χ1) is 17.5. The minimum atomic E-state index is -1.18. The summed E-state index contributed by atoms with van der Waals surface area (Å²) >= 11 is 1.37. The highest BCUT2D eigenvalue weighted by atomic mass is 32.2. The first-order valence-corrected chi connectivity index (χ1v) is 12.7. The Balaban J connectivity index is 1.34. The summed E-state index contributed by atoms with van der Waals surface area (Å²) in [5.74, 6) is -0.884. The third-order valence-electron chi connectivity index (χ3n) is 6.80. The van der Waals surface area contributed by atoms with Crippen LogP contribution in [0.1, 0.15) is 38.1 Å². The molecular formula is C28H25NO6S. The Bertz CT molecular complexity index is 1250. The zero-order valence-corrected chi connectivity index (χ0v) is 20.3. The molecule has 2 saturated heterocycles. The fourth-order valence-electron chi connectivity index (χ4n) is 4.96. The van der Waals surface area contributed by atoms with Crippen LogP contribution in [0.5, 0.6) is 0 Å². The number of hydrogen-bond donors (Lipinski definition) is 1. The molecule has 0 aliphatic carbocycles. The number of carbonyl (C=O) groups is 2. The van der Waals surface area contributed by atoms with Crippen molar-refractivity contribution in [3.8, 4) is 0 Å². The Hall–Kier alpha value is -3.01. The number of amides is 2. The molecule has 3 aliphatic rings. The number of aliphatic hydroxyl groups is 1. The van der Waals surface area contributed by atoms with Gasteiger partial charge in [0.15, 0.2) is 6.29 Å². The summed E-state index contributed by atoms with van der Waals surface area (Å²) in [6.07, 6.45) is -3.21. The number of imide groups is 1. The number of aliphatic hydroxyl groups excluding tert-OH is 1. The summed E-state index contributed by atoms with van der Waals surface area (Å²) in [6, 6.07) is 23.1. The van der Waals surface area contributed by atoms with Crippen LogP contribution in [0.2, 0.25) is 0 Å². The van der Waals surface area contributed by atoms with Crippen molar-refractivity contribution in [1.29, 1.82) is 0 Å². The largest absolute Gasteiger partial charge is 0.388 e. The van der Waals surface area contributed by atoms with Gasteiger partial charge in [-0.3, -0.25) is 14.5 Å². The topological polar surface area (TPSA) is 85.3 Å². The molecule has 36 heavy (non-hydrogen) atoms. The summed E-state index contributed by atoms with van der Waals surface area (Å²) in [6.45, 7) is 2.21. The summed E-state index contributed by atoms with van der Waals surface area (Å²) < 4.78 is 18.5. The molecule has 3 aromatic carbocycles. The Labute approximate surface area is 213 Å². The van der Waals surface area contributed by atoms with Crippen molar-refractivity contribution < 1.29 is 28.9 Å². The zero-order valence-electron chi connectivity index (χ0n) is 19.5. The molecule has 3 aliphatic heterocycles. The molecule has 0 spiro atoms. The third kappa shape index (κ3) is 4.05. The first-order valence-electron chi connectivity index (χ1n) is 11.9. The maximum Gasteiger partial charge on any atom is 0.262 e. The SMILES string of the molecule is Cc1ccc(SC2OC3COC(c4ccccc4)OC3C(O)C2N2C(=O)c3ccccc3C2=O)cc1. The number of rotatable bonds is 4. The molecule has 0 radical (unpaired) electrons. The minimum absolute atomic E-state index is 0.209. The molecule has 0 bridgehead atoms. The highest BCUT2D eigenvalue weighted by Crippen LogP contribution is 2.42. The van der Waals surface area contributed by atoms with E-state index in [-0.39, 0.29) is 6.61 Å². The molecule has 7 nitrogen and oxygen atoms in total. The van der Waals surface area contributed by atoms with Gasteiger partial charge in [0.05, 0.1) is 17.7 Å². The van der Waals surface area contributed by atoms with Gasteiger partial charge in [0.25, 0.3) is 11.8 Å². The van der Waals surface area contributed by atoms with Gasteiger partial charge >= 0.3 is 0 Å². The molecule has 2 amide bonds. The lowest BCUT2D eigenvalue weighted by Gasteiger charge is -2.49. The fourth-order valence-corrected chi connectivity index (χ4v) is 6.14. The number of thioether (sulfide) groups is 1. The molecule has 3 aromatic rings. The second-order valence-corrected chi connectivity index (χ2v) is 10.3. The minimum Gasteiger partial charge on any atom is -0.388 e. The van der Waals surface area contributed by atoms with Crippen LogP contribution in [0.4, 0.5) is 0 Å². The molecule has 6 unspecified atom stereocenters. The van der Waals surface area contributed by atoms with E-state index in [4.69, 9.17) is 14.2 Å². The summed E-state index contributed by atoms with van der Waals surface area (Å²) in [7, 11) is 0. The van der Waals surface area contributed by atoms with Crippen LogP contribution in [0, 0.1) is 6.92 Å². The van der Waals surface area contributed by atoms with E-state index in [1.54, 1.807) is 24.3 Å². The van der Waals surface area contributed by atoms with E-state index in [1.807, 2.05) is 61.5 Å². The van der Waals surface area contributed by atoms with Gasteiger partial charge in [-0.15, -0.1) is 0 Å². The highest BCUT2D eigenvalue weighted by Gasteiger charge is 2.55. The monoisotopic (exact) mass is 503 g/mol. The molecule has 0 aromatic heterocycles. The number of nitrogens with zero attached hydrogens (tertiary/aromatic N) is 1. The lowest BCUT2D eigenvalue weighted by molar-refractivity contribution is -0.310. The smallest absolute Gasteiger partial charge is 0.262 e. The lowest BCUT2D eigenvalue weighted by atomic mass is 9.95. The van der Waals surface area contributed by atoms with E-state index in [1.165, 1.54) is 11.8 Å². The average molecular weight is 504 g/mol. The first kappa shape index (κ1) is 23.4. The Morgan fingerprint density at radius 3 is 2.17 bits per heavy atom. The maximum atomic E-state index is 13.4. The summed E-state index contributed by atoms with van der Waals surface area (Å²) in [4.78, 5) is 28.9. The van der Waals surface area contributed by atoms with Crippen molar-refractivity contribution in [2.24, 2.45) is 0 Å². The zero-order chi connectivity index (χ0) is 24.8. The van der Waals surface area contributed by atoms with Crippen LogP contribution in [0.3, 0.4) is 0 Å². The second kappa shape index (κ2) is 9.46. The van der Waals surface area contributed by atoms with E-state index < -0.39 is 47.9 Å². The van der Waals surface area contributed by atoms with E-state index in [0.717, 1.165) is 20.9 Å². The van der Waals surface area contributed by atoms with Crippen LogP contribution in [0.25, 0.3) is 0 Å². The Morgan fingerprint density at radius 1 is 0.861 bits per heavy atom. The number of hydrogen-bond acceptors (Lipinski definition) is 7. The van der Waals surface area contributed by atoms with Gasteiger partial charge in [0.2, 0.25) is 0 Å². The Kier molecular flexibility index (Phi) is 6.15. The van der Waals surface area contributed by atoms with Crippen LogP contribution in [-0.4, -0.2) is 58.2 Å². The van der Waals surface area contributed by atoms with Crippen molar-refractivity contribution >= 4 is 23.6 Å². The number of carbonyl (C=O) groups excluding carboxylic acids is 2. The molecule has 1 N–H and O–H groups in total. The molecule has 2 fully saturated rings. The van der Waals surface area contributed by atoms with E-state index in [9.17, 15) is 14.7 Å². The van der Waals surface area contributed by atoms with Gasteiger partial charge in [-0.05, 0) is 31.2 Å². The molecule has 3 heterocycles. The van der Waals surface area contributed by atoms with E-state index in [0.29, 0.717) is 11.1 Å². The van der Waals surface area contributed by atoms with Gasteiger partial charge in [-0.2, -0.15) is 0 Å². The van der Waals surface area contributed by atoms with Gasteiger partial charge in [-0.25, -0.2) is 0 Å². The lowest BCUT2D eigenvalue weighted by Crippen LogP contribution is -2.66. The number of fused-ring (bicyclic) bond motifs is 2. The van der Waals surface area contributed by atoms with Crippen molar-refractivity contribution in [2.45, 2.75) is 47.9 Å². The average Bonchev–Trinajstić information content (AvgIpc) is 3.16. The second-order valence-electron chi connectivity index (χ2n) is 9.16. The molecular weight excluding hydrogens is 478 g/mol. The number of benzene rings is 3. The van der Waals surface area contributed by atoms with Gasteiger partial charge in [0.1, 0.15) is 29.8 Å². The van der Waals surface area contributed by atoms with Gasteiger partial charge in [-0.1, -0.05) is 71.9 Å². The quantitative estimate of drug-likeness (QED) is 0.540. The molecule has 8 heteroatoms. The van der Waals surface area contributed by atoms with Crippen LogP contribution in [-0.2, 0) is 14.2 Å². The highest BCUT2D eigenvalue weighted by molar-refractivity contribution is 7.99. The standard InChI is InChI=1S/C28H25NO6S/c1-16-11-13-18(14-12-16)36-28-22(29-25(31)19-9-5-6-10-20(19)26(29)32)23(30)24-21(34-28)15-33-27(35-24)17-7-3-2-4-8-17/h2-14,21-24,27-28,30H,15H2,1H3.